The second kappa shape index (κ2) is 4.94. The van der Waals surface area contributed by atoms with E-state index in [0.717, 1.165) is 12.8 Å². The highest BCUT2D eigenvalue weighted by atomic mass is 32.2. The van der Waals surface area contributed by atoms with Crippen molar-refractivity contribution in [3.63, 3.8) is 0 Å². The van der Waals surface area contributed by atoms with Gasteiger partial charge in [0.15, 0.2) is 9.84 Å². The summed E-state index contributed by atoms with van der Waals surface area (Å²) in [7, 11) is -1.44. The molecule has 15 heavy (non-hydrogen) atoms. The summed E-state index contributed by atoms with van der Waals surface area (Å²) in [6, 6.07) is -0.0719. The molecule has 5 nitrogen and oxygen atoms in total. The molecule has 1 aliphatic rings. The number of carbonyl (C=O) groups is 1. The third kappa shape index (κ3) is 3.46. The number of nitrogens with one attached hydrogen (secondary N) is 2. The Hall–Kier alpha value is -0.620. The van der Waals surface area contributed by atoms with Gasteiger partial charge in [0.2, 0.25) is 5.91 Å². The summed E-state index contributed by atoms with van der Waals surface area (Å²) < 4.78 is 22.8. The van der Waals surface area contributed by atoms with Gasteiger partial charge in [-0.25, -0.2) is 8.42 Å². The van der Waals surface area contributed by atoms with Crippen LogP contribution < -0.4 is 10.6 Å². The highest BCUT2D eigenvalue weighted by Crippen LogP contribution is 2.24. The lowest BCUT2D eigenvalue weighted by atomic mass is 10.2. The first-order valence-electron chi connectivity index (χ1n) is 5.08. The van der Waals surface area contributed by atoms with Gasteiger partial charge in [-0.2, -0.15) is 0 Å². The van der Waals surface area contributed by atoms with Crippen molar-refractivity contribution in [1.82, 2.24) is 10.6 Å². The number of likely N-dealkylation sites (N-methyl/N-ethyl adjacent to an activating group) is 1. The maximum absolute atomic E-state index is 11.4. The van der Waals surface area contributed by atoms with Crippen LogP contribution in [0.2, 0.25) is 0 Å². The Morgan fingerprint density at radius 2 is 2.07 bits per heavy atom. The summed E-state index contributed by atoms with van der Waals surface area (Å²) in [6.45, 7) is 0.188. The molecule has 0 aliphatic heterocycles. The molecule has 1 rings (SSSR count). The van der Waals surface area contributed by atoms with E-state index in [1.54, 1.807) is 7.05 Å². The number of rotatable bonds is 4. The van der Waals surface area contributed by atoms with Crippen molar-refractivity contribution in [1.29, 1.82) is 0 Å². The van der Waals surface area contributed by atoms with E-state index in [0.29, 0.717) is 6.42 Å². The average Bonchev–Trinajstić information content (AvgIpc) is 2.61. The first-order valence-corrected chi connectivity index (χ1v) is 7.03. The van der Waals surface area contributed by atoms with E-state index in [4.69, 9.17) is 0 Å². The van der Waals surface area contributed by atoms with Gasteiger partial charge in [-0.05, 0) is 12.8 Å². The molecular weight excluding hydrogens is 216 g/mol. The normalized spacial score (nSPS) is 26.5. The Morgan fingerprint density at radius 1 is 1.40 bits per heavy atom. The zero-order valence-corrected chi connectivity index (χ0v) is 9.93. The first kappa shape index (κ1) is 12.4. The van der Waals surface area contributed by atoms with Crippen LogP contribution in [-0.2, 0) is 14.6 Å². The van der Waals surface area contributed by atoms with Gasteiger partial charge in [0, 0.05) is 19.3 Å². The van der Waals surface area contributed by atoms with Crippen LogP contribution in [0.4, 0.5) is 0 Å². The van der Waals surface area contributed by atoms with Crippen LogP contribution in [0.1, 0.15) is 19.3 Å². The molecule has 2 atom stereocenters. The maximum Gasteiger partial charge on any atom is 0.233 e. The predicted molar refractivity (Wildman–Crippen MR) is 58.3 cm³/mol. The van der Waals surface area contributed by atoms with Crippen molar-refractivity contribution in [3.8, 4) is 0 Å². The number of hydrogen-bond acceptors (Lipinski definition) is 4. The molecule has 6 heteroatoms. The van der Waals surface area contributed by atoms with Gasteiger partial charge in [-0.1, -0.05) is 6.42 Å². The summed E-state index contributed by atoms with van der Waals surface area (Å²) in [6.07, 6.45) is 3.69. The van der Waals surface area contributed by atoms with Crippen LogP contribution in [-0.4, -0.2) is 45.5 Å². The maximum atomic E-state index is 11.4. The van der Waals surface area contributed by atoms with Crippen molar-refractivity contribution in [2.45, 2.75) is 30.6 Å². The van der Waals surface area contributed by atoms with E-state index in [1.807, 2.05) is 0 Å². The number of sulfone groups is 1. The summed E-state index contributed by atoms with van der Waals surface area (Å²) in [4.78, 5) is 11.0. The van der Waals surface area contributed by atoms with Gasteiger partial charge in [-0.15, -0.1) is 0 Å². The molecule has 0 aromatic rings. The van der Waals surface area contributed by atoms with E-state index in [-0.39, 0.29) is 23.7 Å². The smallest absolute Gasteiger partial charge is 0.233 e. The van der Waals surface area contributed by atoms with Gasteiger partial charge in [0.05, 0.1) is 11.8 Å². The minimum atomic E-state index is -3.00. The molecule has 0 spiro atoms. The van der Waals surface area contributed by atoms with Crippen molar-refractivity contribution in [2.24, 2.45) is 0 Å². The summed E-state index contributed by atoms with van der Waals surface area (Å²) in [5.74, 6) is -0.117. The third-order valence-electron chi connectivity index (χ3n) is 2.81. The lowest BCUT2D eigenvalue weighted by molar-refractivity contribution is -0.119. The van der Waals surface area contributed by atoms with Gasteiger partial charge in [0.1, 0.15) is 0 Å². The Morgan fingerprint density at radius 3 is 2.60 bits per heavy atom. The van der Waals surface area contributed by atoms with E-state index < -0.39 is 9.84 Å². The molecule has 1 saturated carbocycles. The molecule has 1 aliphatic carbocycles. The molecule has 1 amide bonds. The van der Waals surface area contributed by atoms with Gasteiger partial charge < -0.3 is 10.6 Å². The number of carbonyl (C=O) groups excluding carboxylic acids is 1. The first-order chi connectivity index (χ1) is 6.95. The van der Waals surface area contributed by atoms with Crippen LogP contribution in [0.15, 0.2) is 0 Å². The standard InChI is InChI=1S/C9H18N2O3S/c1-10-9(12)6-11-7-4-3-5-8(7)15(2,13)14/h7-8,11H,3-6H2,1-2H3,(H,10,12). The Kier molecular flexibility index (Phi) is 4.10. The van der Waals surface area contributed by atoms with E-state index in [1.165, 1.54) is 6.26 Å². The molecule has 0 radical (unpaired) electrons. The quantitative estimate of drug-likeness (QED) is 0.673. The van der Waals surface area contributed by atoms with Crippen molar-refractivity contribution < 1.29 is 13.2 Å². The third-order valence-corrected chi connectivity index (χ3v) is 4.47. The van der Waals surface area contributed by atoms with Crippen LogP contribution in [0.3, 0.4) is 0 Å². The topological polar surface area (TPSA) is 75.3 Å². The molecule has 0 saturated heterocycles. The van der Waals surface area contributed by atoms with Gasteiger partial charge in [0.25, 0.3) is 0 Å². The second-order valence-corrected chi connectivity index (χ2v) is 6.22. The predicted octanol–water partition coefficient (Wildman–Crippen LogP) is -0.712. The highest BCUT2D eigenvalue weighted by Gasteiger charge is 2.34. The van der Waals surface area contributed by atoms with E-state index in [9.17, 15) is 13.2 Å². The molecule has 88 valence electrons. The molecular formula is C9H18N2O3S. The Balaban J connectivity index is 2.51. The minimum absolute atomic E-state index is 0.0719. The van der Waals surface area contributed by atoms with E-state index in [2.05, 4.69) is 10.6 Å². The van der Waals surface area contributed by atoms with Crippen LogP contribution in [0.5, 0.6) is 0 Å². The number of amides is 1. The van der Waals surface area contributed by atoms with Crippen molar-refractivity contribution >= 4 is 15.7 Å². The lowest BCUT2D eigenvalue weighted by Crippen LogP contribution is -2.44. The monoisotopic (exact) mass is 234 g/mol. The van der Waals surface area contributed by atoms with Crippen LogP contribution in [0.25, 0.3) is 0 Å². The molecule has 0 bridgehead atoms. The molecule has 0 aromatic heterocycles. The number of hydrogen-bond donors (Lipinski definition) is 2. The van der Waals surface area contributed by atoms with Gasteiger partial charge >= 0.3 is 0 Å². The zero-order valence-electron chi connectivity index (χ0n) is 9.12. The molecule has 2 N–H and O–H groups in total. The molecule has 0 heterocycles. The SMILES string of the molecule is CNC(=O)CNC1CCCC1S(C)(=O)=O. The molecule has 0 aromatic carbocycles. The van der Waals surface area contributed by atoms with Gasteiger partial charge in [-0.3, -0.25) is 4.79 Å². The van der Waals surface area contributed by atoms with Crippen molar-refractivity contribution in [2.75, 3.05) is 19.8 Å². The Bertz CT molecular complexity index is 326. The van der Waals surface area contributed by atoms with Crippen molar-refractivity contribution in [3.05, 3.63) is 0 Å². The summed E-state index contributed by atoms with van der Waals surface area (Å²) in [5.41, 5.74) is 0. The summed E-state index contributed by atoms with van der Waals surface area (Å²) >= 11 is 0. The largest absolute Gasteiger partial charge is 0.358 e. The van der Waals surface area contributed by atoms with E-state index >= 15 is 0 Å². The fourth-order valence-electron chi connectivity index (χ4n) is 1.98. The fourth-order valence-corrected chi connectivity index (χ4v) is 3.41. The average molecular weight is 234 g/mol. The second-order valence-electron chi connectivity index (χ2n) is 3.96. The fraction of sp³-hybridized carbons (Fsp3) is 0.889. The van der Waals surface area contributed by atoms with Crippen LogP contribution in [0, 0.1) is 0 Å². The highest BCUT2D eigenvalue weighted by molar-refractivity contribution is 7.91. The van der Waals surface area contributed by atoms with Crippen LogP contribution >= 0.6 is 0 Å². The molecule has 2 unspecified atom stereocenters. The Labute approximate surface area is 90.5 Å². The minimum Gasteiger partial charge on any atom is -0.358 e. The summed E-state index contributed by atoms with van der Waals surface area (Å²) in [5, 5.41) is 5.16. The zero-order chi connectivity index (χ0) is 11.5. The molecule has 1 fully saturated rings. The lowest BCUT2D eigenvalue weighted by Gasteiger charge is -2.18.